The molecule has 0 saturated carbocycles. The maximum absolute atomic E-state index is 12.9. The first-order valence-corrected chi connectivity index (χ1v) is 11.9. The Morgan fingerprint density at radius 1 is 1.20 bits per heavy atom. The van der Waals surface area contributed by atoms with Gasteiger partial charge in [0, 0.05) is 17.8 Å². The average Bonchev–Trinajstić information content (AvgIpc) is 2.70. The third kappa shape index (κ3) is 7.20. The van der Waals surface area contributed by atoms with Crippen molar-refractivity contribution in [3.05, 3.63) is 47.5 Å². The van der Waals surface area contributed by atoms with Crippen LogP contribution in [0.25, 0.3) is 0 Å². The highest BCUT2D eigenvalue weighted by Crippen LogP contribution is 2.34. The number of aliphatic imine (C=N–C) groups is 2. The number of halogens is 3. The molecule has 3 rings (SSSR count). The number of nitrogens with zero attached hydrogens (tertiary/aromatic N) is 3. The van der Waals surface area contributed by atoms with Gasteiger partial charge < -0.3 is 21.5 Å². The molecule has 1 heterocycles. The largest absolute Gasteiger partial charge is 0.492 e. The van der Waals surface area contributed by atoms with Crippen LogP contribution in [0.3, 0.4) is 0 Å². The first-order chi connectivity index (χ1) is 15.9. The zero-order valence-corrected chi connectivity index (χ0v) is 21.3. The van der Waals surface area contributed by atoms with Crippen LogP contribution >= 0.6 is 24.0 Å². The second-order valence-electron chi connectivity index (χ2n) is 7.85. The van der Waals surface area contributed by atoms with Crippen molar-refractivity contribution < 1.29 is 21.8 Å². The van der Waals surface area contributed by atoms with E-state index in [4.69, 9.17) is 27.8 Å². The molecule has 2 aromatic rings. The van der Waals surface area contributed by atoms with Crippen molar-refractivity contribution in [2.75, 3.05) is 16.8 Å². The van der Waals surface area contributed by atoms with E-state index in [0.717, 1.165) is 12.1 Å². The van der Waals surface area contributed by atoms with Gasteiger partial charge in [0.25, 0.3) is 0 Å². The number of nitrogens with two attached hydrogens (primary N) is 2. The van der Waals surface area contributed by atoms with E-state index in [1.54, 1.807) is 23.1 Å². The van der Waals surface area contributed by atoms with Gasteiger partial charge in [-0.25, -0.2) is 4.99 Å². The Kier molecular flexibility index (Phi) is 8.93. The third-order valence-electron chi connectivity index (χ3n) is 4.79. The van der Waals surface area contributed by atoms with Crippen molar-refractivity contribution in [2.24, 2.45) is 21.5 Å². The van der Waals surface area contributed by atoms with Crippen molar-refractivity contribution in [1.29, 1.82) is 0 Å². The normalized spacial score (nSPS) is 14.9. The van der Waals surface area contributed by atoms with Gasteiger partial charge in [-0.1, -0.05) is 11.6 Å². The molecule has 1 amide bonds. The maximum atomic E-state index is 12.9. The predicted molar refractivity (Wildman–Crippen MR) is 137 cm³/mol. The van der Waals surface area contributed by atoms with Crippen LogP contribution in [-0.4, -0.2) is 38.5 Å². The summed E-state index contributed by atoms with van der Waals surface area (Å²) in [7, 11) is -4.78. The fraction of sp³-hybridized carbons (Fsp3) is 0.286. The molecule has 1 aliphatic rings. The van der Waals surface area contributed by atoms with Gasteiger partial charge in [0.2, 0.25) is 17.8 Å². The van der Waals surface area contributed by atoms with Crippen molar-refractivity contribution in [1.82, 2.24) is 0 Å². The number of anilines is 2. The minimum absolute atomic E-state index is 0. The Labute approximate surface area is 213 Å². The van der Waals surface area contributed by atoms with Gasteiger partial charge in [0.1, 0.15) is 11.4 Å². The minimum Gasteiger partial charge on any atom is -0.492 e. The Balaban J connectivity index is 0.00000432. The fourth-order valence-electron chi connectivity index (χ4n) is 3.34. The smallest absolute Gasteiger partial charge is 0.332 e. The number of nitrogens with one attached hydrogen (secondary N) is 1. The van der Waals surface area contributed by atoms with Crippen molar-refractivity contribution in [2.45, 2.75) is 37.2 Å². The number of benzene rings is 2. The summed E-state index contributed by atoms with van der Waals surface area (Å²) in [5.41, 5.74) is 12.0. The van der Waals surface area contributed by atoms with E-state index < -0.39 is 20.8 Å². The molecule has 14 heteroatoms. The molecule has 0 fully saturated rings. The van der Waals surface area contributed by atoms with E-state index in [2.05, 4.69) is 15.3 Å². The highest BCUT2D eigenvalue weighted by molar-refractivity contribution is 7.86. The summed E-state index contributed by atoms with van der Waals surface area (Å²) < 4.78 is 40.3. The number of hydrogen-bond acceptors (Lipinski definition) is 9. The van der Waals surface area contributed by atoms with Gasteiger partial charge in [-0.2, -0.15) is 13.4 Å². The van der Waals surface area contributed by atoms with Crippen molar-refractivity contribution in [3.63, 3.8) is 0 Å². The van der Waals surface area contributed by atoms with Gasteiger partial charge in [-0.15, -0.1) is 16.3 Å². The molecule has 0 aromatic heterocycles. The van der Waals surface area contributed by atoms with Crippen molar-refractivity contribution in [3.8, 4) is 5.75 Å². The molecule has 0 bridgehead atoms. The molecule has 10 nitrogen and oxygen atoms in total. The van der Waals surface area contributed by atoms with Crippen LogP contribution in [0.2, 0.25) is 5.02 Å². The lowest BCUT2D eigenvalue weighted by molar-refractivity contribution is -0.116. The summed E-state index contributed by atoms with van der Waals surface area (Å²) in [5, 5.41) is 2.95. The molecule has 0 aliphatic carbocycles. The molecular formula is C21H25Cl2FN6O4S. The molecule has 5 N–H and O–H groups in total. The quantitative estimate of drug-likeness (QED) is 0.338. The van der Waals surface area contributed by atoms with Crippen LogP contribution in [0.15, 0.2) is 57.3 Å². The van der Waals surface area contributed by atoms with Crippen LogP contribution in [0.1, 0.15) is 26.7 Å². The number of rotatable bonds is 8. The molecular weight excluding hydrogens is 522 g/mol. The first kappa shape index (κ1) is 28.1. The summed E-state index contributed by atoms with van der Waals surface area (Å²) in [6, 6.07) is 9.88. The van der Waals surface area contributed by atoms with Crippen LogP contribution in [0.4, 0.5) is 15.3 Å². The minimum atomic E-state index is -4.78. The third-order valence-corrected chi connectivity index (χ3v) is 5.92. The molecule has 1 aliphatic heterocycles. The summed E-state index contributed by atoms with van der Waals surface area (Å²) in [4.78, 5) is 21.6. The number of carbonyl (C=O) groups excluding carboxylic acids is 1. The van der Waals surface area contributed by atoms with E-state index >= 15 is 0 Å². The van der Waals surface area contributed by atoms with E-state index in [9.17, 15) is 17.1 Å². The monoisotopic (exact) mass is 546 g/mol. The Morgan fingerprint density at radius 3 is 2.43 bits per heavy atom. The Morgan fingerprint density at radius 2 is 1.86 bits per heavy atom. The van der Waals surface area contributed by atoms with E-state index in [1.807, 2.05) is 13.8 Å². The van der Waals surface area contributed by atoms with Gasteiger partial charge in [-0.05, 0) is 62.7 Å². The SMILES string of the molecule is CC1(C)N=C(N)N=C(N)N1c1ccc(OCCCC(=O)Nc2ccc(S(=O)(=O)F)cc2)c(Cl)c1.Cl. The number of amides is 1. The molecule has 0 unspecified atom stereocenters. The molecule has 0 atom stereocenters. The highest BCUT2D eigenvalue weighted by Gasteiger charge is 2.33. The molecule has 0 spiro atoms. The zero-order chi connectivity index (χ0) is 25.1. The lowest BCUT2D eigenvalue weighted by atomic mass is 10.1. The standard InChI is InChI=1S/C21H24ClFN6O4S.ClH/c1-21(2)28-19(24)27-20(25)29(21)14-7-10-17(16(22)12-14)33-11-3-4-18(30)26-13-5-8-15(9-6-13)34(23,31)32;/h5-10,12H,3-4,11H2,1-2H3,(H,26,30)(H4,24,25,27,28);1H. The molecule has 0 saturated heterocycles. The molecule has 35 heavy (non-hydrogen) atoms. The topological polar surface area (TPSA) is 152 Å². The van der Waals surface area contributed by atoms with Crippen LogP contribution in [0.5, 0.6) is 5.75 Å². The number of carbonyl (C=O) groups is 1. The van der Waals surface area contributed by atoms with Crippen molar-refractivity contribution >= 4 is 63.4 Å². The van der Waals surface area contributed by atoms with Gasteiger partial charge in [0.15, 0.2) is 0 Å². The van der Waals surface area contributed by atoms with Crippen LogP contribution in [-0.2, 0) is 15.0 Å². The lowest BCUT2D eigenvalue weighted by Gasteiger charge is -2.38. The molecule has 0 radical (unpaired) electrons. The number of hydrogen-bond donors (Lipinski definition) is 3. The molecule has 2 aromatic carbocycles. The lowest BCUT2D eigenvalue weighted by Crippen LogP contribution is -2.54. The predicted octanol–water partition coefficient (Wildman–Crippen LogP) is 3.40. The molecule has 190 valence electrons. The van der Waals surface area contributed by atoms with E-state index in [-0.39, 0.29) is 43.3 Å². The van der Waals surface area contributed by atoms with E-state index in [0.29, 0.717) is 28.6 Å². The van der Waals surface area contributed by atoms with Crippen LogP contribution in [0, 0.1) is 0 Å². The Bertz CT molecular complexity index is 1250. The van der Waals surface area contributed by atoms with Gasteiger partial charge >= 0.3 is 10.2 Å². The first-order valence-electron chi connectivity index (χ1n) is 10.1. The van der Waals surface area contributed by atoms with Crippen LogP contribution < -0.4 is 26.4 Å². The summed E-state index contributed by atoms with van der Waals surface area (Å²) in [6.07, 6.45) is 0.543. The maximum Gasteiger partial charge on any atom is 0.332 e. The average molecular weight is 547 g/mol. The summed E-state index contributed by atoms with van der Waals surface area (Å²) >= 11 is 6.37. The summed E-state index contributed by atoms with van der Waals surface area (Å²) in [5.74, 6) is 0.415. The summed E-state index contributed by atoms with van der Waals surface area (Å²) in [6.45, 7) is 3.90. The van der Waals surface area contributed by atoms with E-state index in [1.165, 1.54) is 12.1 Å². The highest BCUT2D eigenvalue weighted by atomic mass is 35.5. The zero-order valence-electron chi connectivity index (χ0n) is 18.9. The number of guanidine groups is 2. The Hall–Kier alpha value is -3.09. The second-order valence-corrected chi connectivity index (χ2v) is 9.60. The fourth-order valence-corrected chi connectivity index (χ4v) is 4.03. The van der Waals surface area contributed by atoms with Gasteiger partial charge in [-0.3, -0.25) is 9.69 Å². The van der Waals surface area contributed by atoms with Gasteiger partial charge in [0.05, 0.1) is 16.5 Å². The number of ether oxygens (including phenoxy) is 1. The second kappa shape index (κ2) is 11.1.